The van der Waals surface area contributed by atoms with Gasteiger partial charge in [0, 0.05) is 11.1 Å². The van der Waals surface area contributed by atoms with E-state index in [1.807, 2.05) is 0 Å². The van der Waals surface area contributed by atoms with Gasteiger partial charge in [-0.25, -0.2) is 8.78 Å². The van der Waals surface area contributed by atoms with Crippen LogP contribution in [-0.2, 0) is 19.3 Å². The maximum absolute atomic E-state index is 14.8. The molecule has 0 aliphatic heterocycles. The van der Waals surface area contributed by atoms with Gasteiger partial charge in [0.2, 0.25) is 5.82 Å². The summed E-state index contributed by atoms with van der Waals surface area (Å²) in [5, 5.41) is 0. The molecule has 0 heterocycles. The Hall–Kier alpha value is -3.01. The van der Waals surface area contributed by atoms with Gasteiger partial charge < -0.3 is 4.74 Å². The fourth-order valence-corrected chi connectivity index (χ4v) is 3.80. The van der Waals surface area contributed by atoms with Gasteiger partial charge in [-0.15, -0.1) is 0 Å². The van der Waals surface area contributed by atoms with E-state index in [0.29, 0.717) is 12.8 Å². The highest BCUT2D eigenvalue weighted by molar-refractivity contribution is 5.73. The fourth-order valence-electron chi connectivity index (χ4n) is 3.80. The van der Waals surface area contributed by atoms with E-state index in [2.05, 4.69) is 37.3 Å². The quantitative estimate of drug-likeness (QED) is 0.489. The van der Waals surface area contributed by atoms with E-state index in [4.69, 9.17) is 4.74 Å². The average Bonchev–Trinajstić information content (AvgIpc) is 2.75. The summed E-state index contributed by atoms with van der Waals surface area (Å²) in [6.45, 7) is 2.11. The Bertz CT molecular complexity index is 1100. The molecule has 148 valence electrons. The highest BCUT2D eigenvalue weighted by Gasteiger charge is 2.21. The lowest BCUT2D eigenvalue weighted by Gasteiger charge is -2.20. The summed E-state index contributed by atoms with van der Waals surface area (Å²) in [7, 11) is 1.26. The Kier molecular flexibility index (Phi) is 5.18. The van der Waals surface area contributed by atoms with Crippen LogP contribution in [0.3, 0.4) is 0 Å². The Morgan fingerprint density at radius 3 is 2.31 bits per heavy atom. The van der Waals surface area contributed by atoms with Crippen molar-refractivity contribution in [3.63, 3.8) is 0 Å². The molecule has 3 aromatic carbocycles. The van der Waals surface area contributed by atoms with Gasteiger partial charge in [0.05, 0.1) is 7.11 Å². The third kappa shape index (κ3) is 3.55. The minimum atomic E-state index is -1.11. The van der Waals surface area contributed by atoms with Crippen LogP contribution < -0.4 is 4.74 Å². The van der Waals surface area contributed by atoms with Gasteiger partial charge in [-0.1, -0.05) is 37.3 Å². The first-order chi connectivity index (χ1) is 14.0. The molecule has 1 aliphatic rings. The molecular weight excluding hydrogens is 373 g/mol. The van der Waals surface area contributed by atoms with Crippen LogP contribution in [0.4, 0.5) is 13.2 Å². The summed E-state index contributed by atoms with van der Waals surface area (Å²) in [6.07, 6.45) is 4.33. The third-order valence-electron chi connectivity index (χ3n) is 5.53. The van der Waals surface area contributed by atoms with Gasteiger partial charge in [0.25, 0.3) is 0 Å². The monoisotopic (exact) mass is 394 g/mol. The van der Waals surface area contributed by atoms with Crippen LogP contribution in [0.2, 0.25) is 0 Å². The first-order valence-corrected chi connectivity index (χ1v) is 9.63. The van der Waals surface area contributed by atoms with Crippen molar-refractivity contribution in [3.05, 3.63) is 94.3 Å². The second-order valence-electron chi connectivity index (χ2n) is 7.20. The van der Waals surface area contributed by atoms with E-state index in [0.717, 1.165) is 28.7 Å². The average molecular weight is 394 g/mol. The van der Waals surface area contributed by atoms with Gasteiger partial charge in [0.15, 0.2) is 11.6 Å². The van der Waals surface area contributed by atoms with Crippen molar-refractivity contribution in [2.24, 2.45) is 0 Å². The molecule has 0 saturated carbocycles. The van der Waals surface area contributed by atoms with Crippen molar-refractivity contribution in [2.45, 2.75) is 26.2 Å². The molecule has 0 saturated heterocycles. The molecule has 29 heavy (non-hydrogen) atoms. The van der Waals surface area contributed by atoms with Crippen molar-refractivity contribution < 1.29 is 17.9 Å². The first-order valence-electron chi connectivity index (χ1n) is 9.63. The van der Waals surface area contributed by atoms with Crippen LogP contribution in [0, 0.1) is 17.5 Å². The van der Waals surface area contributed by atoms with E-state index in [9.17, 15) is 13.2 Å². The lowest BCUT2D eigenvalue weighted by molar-refractivity contribution is 0.372. The van der Waals surface area contributed by atoms with Gasteiger partial charge in [-0.2, -0.15) is 4.39 Å². The summed E-state index contributed by atoms with van der Waals surface area (Å²) in [5.74, 6) is -2.98. The molecular formula is C25H21F3O. The smallest absolute Gasteiger partial charge is 0.201 e. The number of hydrogen-bond donors (Lipinski definition) is 0. The SMILES string of the molecule is CCc1ccc(C2=CCc3cc(-c4ccc(OC)c(F)c4F)c(F)cc3C2)cc1. The van der Waals surface area contributed by atoms with Crippen molar-refractivity contribution in [3.8, 4) is 16.9 Å². The van der Waals surface area contributed by atoms with Gasteiger partial charge in [-0.3, -0.25) is 0 Å². The largest absolute Gasteiger partial charge is 0.494 e. The summed E-state index contributed by atoms with van der Waals surface area (Å²) in [5.41, 5.74) is 5.30. The number of fused-ring (bicyclic) bond motifs is 1. The molecule has 0 N–H and O–H groups in total. The van der Waals surface area contributed by atoms with Crippen LogP contribution in [0.1, 0.15) is 29.2 Å². The molecule has 1 aliphatic carbocycles. The predicted molar refractivity (Wildman–Crippen MR) is 110 cm³/mol. The summed E-state index contributed by atoms with van der Waals surface area (Å²) in [4.78, 5) is 0. The maximum Gasteiger partial charge on any atom is 0.201 e. The van der Waals surface area contributed by atoms with Gasteiger partial charge in [-0.05, 0) is 71.4 Å². The van der Waals surface area contributed by atoms with Crippen LogP contribution in [0.15, 0.2) is 54.6 Å². The zero-order valence-corrected chi connectivity index (χ0v) is 16.4. The summed E-state index contributed by atoms with van der Waals surface area (Å²) in [6, 6.07) is 14.1. The topological polar surface area (TPSA) is 9.23 Å². The molecule has 0 aromatic heterocycles. The number of ether oxygens (including phenoxy) is 1. The van der Waals surface area contributed by atoms with Crippen LogP contribution in [0.5, 0.6) is 5.75 Å². The highest BCUT2D eigenvalue weighted by Crippen LogP contribution is 2.35. The number of benzene rings is 3. The Labute approximate surface area is 168 Å². The molecule has 0 unspecified atom stereocenters. The molecule has 4 rings (SSSR count). The molecule has 0 fully saturated rings. The fraction of sp³-hybridized carbons (Fsp3) is 0.200. The Morgan fingerprint density at radius 2 is 1.62 bits per heavy atom. The highest BCUT2D eigenvalue weighted by atomic mass is 19.2. The van der Waals surface area contributed by atoms with E-state index in [1.54, 1.807) is 6.07 Å². The van der Waals surface area contributed by atoms with Crippen molar-refractivity contribution in [2.75, 3.05) is 7.11 Å². The lowest BCUT2D eigenvalue weighted by atomic mass is 9.86. The molecule has 0 spiro atoms. The molecule has 0 radical (unpaired) electrons. The molecule has 3 aromatic rings. The maximum atomic E-state index is 14.8. The second-order valence-corrected chi connectivity index (χ2v) is 7.20. The number of allylic oxidation sites excluding steroid dienone is 2. The predicted octanol–water partition coefficient (Wildman–Crippen LogP) is 6.52. The van der Waals surface area contributed by atoms with Crippen LogP contribution in [0.25, 0.3) is 16.7 Å². The Morgan fingerprint density at radius 1 is 0.862 bits per heavy atom. The normalized spacial score (nSPS) is 13.1. The van der Waals surface area contributed by atoms with Crippen molar-refractivity contribution >= 4 is 5.57 Å². The number of methoxy groups -OCH3 is 1. The van der Waals surface area contributed by atoms with E-state index >= 15 is 0 Å². The molecule has 0 atom stereocenters. The molecule has 4 heteroatoms. The molecule has 0 amide bonds. The second kappa shape index (κ2) is 7.78. The molecule has 0 bridgehead atoms. The van der Waals surface area contributed by atoms with Crippen molar-refractivity contribution in [1.82, 2.24) is 0 Å². The Balaban J connectivity index is 1.68. The number of hydrogen-bond acceptors (Lipinski definition) is 1. The van der Waals surface area contributed by atoms with Crippen molar-refractivity contribution in [1.29, 1.82) is 0 Å². The summed E-state index contributed by atoms with van der Waals surface area (Å²) < 4.78 is 48.2. The lowest BCUT2D eigenvalue weighted by Crippen LogP contribution is -2.05. The van der Waals surface area contributed by atoms with E-state index < -0.39 is 17.5 Å². The number of rotatable bonds is 4. The van der Waals surface area contributed by atoms with Crippen LogP contribution in [-0.4, -0.2) is 7.11 Å². The number of halogens is 3. The number of aryl methyl sites for hydroxylation is 1. The van der Waals surface area contributed by atoms with Crippen LogP contribution >= 0.6 is 0 Å². The zero-order chi connectivity index (χ0) is 20.5. The van der Waals surface area contributed by atoms with E-state index in [-0.39, 0.29) is 16.9 Å². The minimum absolute atomic E-state index is 0.0620. The van der Waals surface area contributed by atoms with Gasteiger partial charge >= 0.3 is 0 Å². The van der Waals surface area contributed by atoms with E-state index in [1.165, 1.54) is 30.9 Å². The minimum Gasteiger partial charge on any atom is -0.494 e. The standard InChI is InChI=1S/C25H21F3O/c1-3-15-4-6-16(7-5-15)17-8-9-18-13-21(22(26)14-19(18)12-17)20-10-11-23(29-2)25(28)24(20)27/h4-8,10-11,13-14H,3,9,12H2,1-2H3. The first kappa shape index (κ1) is 19.3. The molecule has 1 nitrogen and oxygen atoms in total. The zero-order valence-electron chi connectivity index (χ0n) is 16.4. The third-order valence-corrected chi connectivity index (χ3v) is 5.53. The van der Waals surface area contributed by atoms with Gasteiger partial charge in [0.1, 0.15) is 5.82 Å². The summed E-state index contributed by atoms with van der Waals surface area (Å²) >= 11 is 0.